The maximum absolute atomic E-state index is 14.6. The second-order valence-electron chi connectivity index (χ2n) is 8.42. The van der Waals surface area contributed by atoms with Gasteiger partial charge < -0.3 is 4.74 Å². The van der Waals surface area contributed by atoms with Crippen molar-refractivity contribution in [3.63, 3.8) is 0 Å². The lowest BCUT2D eigenvalue weighted by molar-refractivity contribution is 0.285. The Kier molecular flexibility index (Phi) is 12.2. The first-order chi connectivity index (χ1) is 15.2. The Balaban J connectivity index is 1.83. The molecule has 0 aliphatic heterocycles. The van der Waals surface area contributed by atoms with Crippen molar-refractivity contribution in [1.29, 1.82) is 0 Å². The minimum absolute atomic E-state index is 0.0190. The first-order valence-corrected chi connectivity index (χ1v) is 12.2. The molecule has 2 nitrogen and oxygen atoms in total. The van der Waals surface area contributed by atoms with Crippen LogP contribution in [0.25, 0.3) is 11.3 Å². The molecule has 2 rings (SSSR count). The van der Waals surface area contributed by atoms with Gasteiger partial charge in [-0.1, -0.05) is 84.1 Å². The molecule has 0 spiro atoms. The van der Waals surface area contributed by atoms with Crippen molar-refractivity contribution in [3.05, 3.63) is 47.7 Å². The average molecular weight is 432 g/mol. The van der Waals surface area contributed by atoms with Crippen LogP contribution in [0.15, 0.2) is 30.5 Å². The number of hydrogen-bond acceptors (Lipinski definition) is 2. The lowest BCUT2D eigenvalue weighted by Gasteiger charge is -2.10. The summed E-state index contributed by atoms with van der Waals surface area (Å²) in [7, 11) is 0. The van der Waals surface area contributed by atoms with Crippen LogP contribution < -0.4 is 4.74 Å². The van der Waals surface area contributed by atoms with Crippen molar-refractivity contribution >= 4 is 0 Å². The summed E-state index contributed by atoms with van der Waals surface area (Å²) >= 11 is 0. The van der Waals surface area contributed by atoms with Gasteiger partial charge in [0.2, 0.25) is 5.82 Å². The molecule has 2 aromatic rings. The molecule has 0 atom stereocenters. The zero-order valence-electron chi connectivity index (χ0n) is 19.4. The number of nitrogens with zero attached hydrogens (tertiary/aromatic N) is 1. The van der Waals surface area contributed by atoms with Crippen LogP contribution in [0.2, 0.25) is 0 Å². The molecule has 0 fully saturated rings. The third-order valence-electron chi connectivity index (χ3n) is 5.72. The van der Waals surface area contributed by atoms with Crippen LogP contribution in [0.5, 0.6) is 5.75 Å². The Morgan fingerprint density at radius 3 is 2.00 bits per heavy atom. The summed E-state index contributed by atoms with van der Waals surface area (Å²) in [5.41, 5.74) is 1.76. The van der Waals surface area contributed by atoms with E-state index in [0.717, 1.165) is 37.7 Å². The highest BCUT2D eigenvalue weighted by molar-refractivity contribution is 5.61. The SMILES string of the molecule is CCCCCCCCOc1ccc(-c2ccc(CCCCCCCC)cn2)c(F)c1F. The quantitative estimate of drug-likeness (QED) is 0.248. The van der Waals surface area contributed by atoms with E-state index in [-0.39, 0.29) is 11.3 Å². The molecular formula is C27H39F2NO. The third-order valence-corrected chi connectivity index (χ3v) is 5.72. The molecule has 4 heteroatoms. The molecule has 0 saturated heterocycles. The topological polar surface area (TPSA) is 22.1 Å². The van der Waals surface area contributed by atoms with Gasteiger partial charge in [-0.05, 0) is 43.0 Å². The van der Waals surface area contributed by atoms with Gasteiger partial charge in [0.05, 0.1) is 12.3 Å². The van der Waals surface area contributed by atoms with Crippen molar-refractivity contribution in [2.24, 2.45) is 0 Å². The predicted octanol–water partition coefficient (Wildman–Crippen LogP) is 8.67. The molecule has 172 valence electrons. The molecule has 0 bridgehead atoms. The molecular weight excluding hydrogens is 392 g/mol. The number of hydrogen-bond donors (Lipinski definition) is 0. The van der Waals surface area contributed by atoms with Crippen molar-refractivity contribution in [2.45, 2.75) is 97.3 Å². The normalized spacial score (nSPS) is 11.1. The molecule has 0 saturated carbocycles. The molecule has 0 unspecified atom stereocenters. The van der Waals surface area contributed by atoms with Crippen molar-refractivity contribution < 1.29 is 13.5 Å². The van der Waals surface area contributed by atoms with Gasteiger partial charge >= 0.3 is 0 Å². The van der Waals surface area contributed by atoms with E-state index in [1.807, 2.05) is 6.07 Å². The number of halogens is 2. The van der Waals surface area contributed by atoms with Gasteiger partial charge in [-0.2, -0.15) is 4.39 Å². The lowest BCUT2D eigenvalue weighted by Crippen LogP contribution is -2.02. The van der Waals surface area contributed by atoms with E-state index in [2.05, 4.69) is 18.8 Å². The Morgan fingerprint density at radius 2 is 1.35 bits per heavy atom. The predicted molar refractivity (Wildman–Crippen MR) is 126 cm³/mol. The summed E-state index contributed by atoms with van der Waals surface area (Å²) in [5.74, 6) is -1.84. The Bertz CT molecular complexity index is 746. The minimum atomic E-state index is -0.929. The Hall–Kier alpha value is -1.97. The van der Waals surface area contributed by atoms with Crippen LogP contribution in [0, 0.1) is 11.6 Å². The van der Waals surface area contributed by atoms with Crippen LogP contribution in [0.4, 0.5) is 8.78 Å². The van der Waals surface area contributed by atoms with Crippen LogP contribution in [0.1, 0.15) is 96.5 Å². The Morgan fingerprint density at radius 1 is 0.710 bits per heavy atom. The van der Waals surface area contributed by atoms with Crippen molar-refractivity contribution in [3.8, 4) is 17.0 Å². The van der Waals surface area contributed by atoms with Gasteiger partial charge in [0.15, 0.2) is 11.6 Å². The lowest BCUT2D eigenvalue weighted by atomic mass is 10.0. The molecule has 1 aromatic heterocycles. The van der Waals surface area contributed by atoms with Crippen LogP contribution in [-0.4, -0.2) is 11.6 Å². The monoisotopic (exact) mass is 431 g/mol. The Labute approximate surface area is 187 Å². The zero-order chi connectivity index (χ0) is 22.3. The molecule has 1 aromatic carbocycles. The van der Waals surface area contributed by atoms with E-state index >= 15 is 0 Å². The molecule has 31 heavy (non-hydrogen) atoms. The highest BCUT2D eigenvalue weighted by Crippen LogP contribution is 2.29. The molecule has 0 aliphatic carbocycles. The van der Waals surface area contributed by atoms with Gasteiger partial charge in [0.1, 0.15) is 0 Å². The van der Waals surface area contributed by atoms with Crippen LogP contribution in [0.3, 0.4) is 0 Å². The highest BCUT2D eigenvalue weighted by Gasteiger charge is 2.16. The fraction of sp³-hybridized carbons (Fsp3) is 0.593. The van der Waals surface area contributed by atoms with Gasteiger partial charge in [0, 0.05) is 11.8 Å². The molecule has 0 aliphatic rings. The van der Waals surface area contributed by atoms with Crippen molar-refractivity contribution in [2.75, 3.05) is 6.61 Å². The number of unbranched alkanes of at least 4 members (excludes halogenated alkanes) is 10. The summed E-state index contributed by atoms with van der Waals surface area (Å²) in [4.78, 5) is 4.37. The van der Waals surface area contributed by atoms with E-state index in [4.69, 9.17) is 4.74 Å². The minimum Gasteiger partial charge on any atom is -0.490 e. The fourth-order valence-electron chi connectivity index (χ4n) is 3.75. The van der Waals surface area contributed by atoms with E-state index in [9.17, 15) is 8.78 Å². The standard InChI is InChI=1S/C27H39F2NO/c1-3-5-7-9-11-13-15-22-16-18-24(30-21-22)23-17-19-25(27(29)26(23)28)31-20-14-12-10-8-6-4-2/h16-19,21H,3-15,20H2,1-2H3. The fourth-order valence-corrected chi connectivity index (χ4v) is 3.75. The third kappa shape index (κ3) is 8.96. The summed E-state index contributed by atoms with van der Waals surface area (Å²) < 4.78 is 34.6. The maximum atomic E-state index is 14.6. The molecule has 0 amide bonds. The van der Waals surface area contributed by atoms with Gasteiger partial charge in [-0.25, -0.2) is 4.39 Å². The number of pyridine rings is 1. The number of aromatic nitrogens is 1. The van der Waals surface area contributed by atoms with Gasteiger partial charge in [0.25, 0.3) is 0 Å². The van der Waals surface area contributed by atoms with Gasteiger partial charge in [-0.3, -0.25) is 4.98 Å². The molecule has 0 radical (unpaired) electrons. The van der Waals surface area contributed by atoms with E-state index < -0.39 is 11.6 Å². The highest BCUT2D eigenvalue weighted by atomic mass is 19.2. The van der Waals surface area contributed by atoms with Crippen LogP contribution >= 0.6 is 0 Å². The van der Waals surface area contributed by atoms with Crippen molar-refractivity contribution in [1.82, 2.24) is 4.98 Å². The largest absolute Gasteiger partial charge is 0.490 e. The van der Waals surface area contributed by atoms with E-state index in [1.165, 1.54) is 57.4 Å². The van der Waals surface area contributed by atoms with E-state index in [1.54, 1.807) is 18.3 Å². The number of rotatable bonds is 16. The molecule has 0 N–H and O–H groups in total. The number of benzene rings is 1. The summed E-state index contributed by atoms with van der Waals surface area (Å²) in [6, 6.07) is 6.82. The summed E-state index contributed by atoms with van der Waals surface area (Å²) in [5, 5.41) is 0. The second kappa shape index (κ2) is 14.9. The van der Waals surface area contributed by atoms with E-state index in [0.29, 0.717) is 12.3 Å². The summed E-state index contributed by atoms with van der Waals surface area (Å²) in [6.45, 7) is 4.82. The average Bonchev–Trinajstić information content (AvgIpc) is 2.79. The molecule has 1 heterocycles. The first-order valence-electron chi connectivity index (χ1n) is 12.2. The first kappa shape index (κ1) is 25.3. The maximum Gasteiger partial charge on any atom is 0.201 e. The second-order valence-corrected chi connectivity index (χ2v) is 8.42. The smallest absolute Gasteiger partial charge is 0.201 e. The zero-order valence-corrected chi connectivity index (χ0v) is 19.4. The summed E-state index contributed by atoms with van der Waals surface area (Å²) in [6.07, 6.45) is 17.0. The number of aryl methyl sites for hydroxylation is 1. The van der Waals surface area contributed by atoms with Crippen LogP contribution in [-0.2, 0) is 6.42 Å². The number of ether oxygens (including phenoxy) is 1. The van der Waals surface area contributed by atoms with Gasteiger partial charge in [-0.15, -0.1) is 0 Å².